The van der Waals surface area contributed by atoms with E-state index in [4.69, 9.17) is 5.73 Å². The summed E-state index contributed by atoms with van der Waals surface area (Å²) < 4.78 is 0. The molecule has 0 spiro atoms. The lowest BCUT2D eigenvalue weighted by molar-refractivity contribution is 0.809. The topological polar surface area (TPSA) is 26.0 Å². The SMILES string of the molecule is Cc1ccc(C2C[C@H]2CN)cc1. The lowest BCUT2D eigenvalue weighted by atomic mass is 10.1. The van der Waals surface area contributed by atoms with Gasteiger partial charge < -0.3 is 5.73 Å². The highest BCUT2D eigenvalue weighted by Crippen LogP contribution is 2.46. The largest absolute Gasteiger partial charge is 0.330 e. The highest BCUT2D eigenvalue weighted by molar-refractivity contribution is 5.28. The van der Waals surface area contributed by atoms with Gasteiger partial charge in [-0.3, -0.25) is 0 Å². The highest BCUT2D eigenvalue weighted by Gasteiger charge is 2.36. The van der Waals surface area contributed by atoms with E-state index in [1.807, 2.05) is 0 Å². The first kappa shape index (κ1) is 7.81. The van der Waals surface area contributed by atoms with Gasteiger partial charge in [0, 0.05) is 0 Å². The van der Waals surface area contributed by atoms with Gasteiger partial charge in [0.05, 0.1) is 0 Å². The molecule has 1 fully saturated rings. The van der Waals surface area contributed by atoms with Crippen molar-refractivity contribution in [1.29, 1.82) is 0 Å². The fraction of sp³-hybridized carbons (Fsp3) is 0.455. The molecule has 0 saturated heterocycles. The van der Waals surface area contributed by atoms with Crippen LogP contribution in [0.2, 0.25) is 0 Å². The van der Waals surface area contributed by atoms with E-state index in [-0.39, 0.29) is 0 Å². The maximum absolute atomic E-state index is 5.59. The number of benzene rings is 1. The monoisotopic (exact) mass is 161 g/mol. The molecule has 1 unspecified atom stereocenters. The van der Waals surface area contributed by atoms with Gasteiger partial charge in [0.15, 0.2) is 0 Å². The van der Waals surface area contributed by atoms with Crippen LogP contribution in [0.15, 0.2) is 24.3 Å². The van der Waals surface area contributed by atoms with Crippen LogP contribution in [-0.4, -0.2) is 6.54 Å². The van der Waals surface area contributed by atoms with Gasteiger partial charge in [-0.1, -0.05) is 29.8 Å². The average molecular weight is 161 g/mol. The molecule has 1 aromatic rings. The smallest absolute Gasteiger partial charge is 0.00428 e. The third-order valence-corrected chi connectivity index (χ3v) is 2.73. The van der Waals surface area contributed by atoms with Crippen molar-refractivity contribution in [3.05, 3.63) is 35.4 Å². The quantitative estimate of drug-likeness (QED) is 0.706. The minimum absolute atomic E-state index is 0.757. The van der Waals surface area contributed by atoms with Crippen molar-refractivity contribution < 1.29 is 0 Å². The van der Waals surface area contributed by atoms with E-state index in [0.29, 0.717) is 0 Å². The van der Waals surface area contributed by atoms with Crippen molar-refractivity contribution in [2.24, 2.45) is 11.7 Å². The van der Waals surface area contributed by atoms with Gasteiger partial charge in [0.25, 0.3) is 0 Å². The molecule has 0 bridgehead atoms. The summed E-state index contributed by atoms with van der Waals surface area (Å²) in [4.78, 5) is 0. The summed E-state index contributed by atoms with van der Waals surface area (Å²) in [5.41, 5.74) is 8.40. The second-order valence-electron chi connectivity index (χ2n) is 3.75. The molecular weight excluding hydrogens is 146 g/mol. The van der Waals surface area contributed by atoms with Crippen molar-refractivity contribution in [1.82, 2.24) is 0 Å². The van der Waals surface area contributed by atoms with Crippen LogP contribution in [0.1, 0.15) is 23.5 Å². The Balaban J connectivity index is 2.10. The van der Waals surface area contributed by atoms with E-state index < -0.39 is 0 Å². The summed E-state index contributed by atoms with van der Waals surface area (Å²) in [5, 5.41) is 0. The average Bonchev–Trinajstić information content (AvgIpc) is 2.85. The van der Waals surface area contributed by atoms with Gasteiger partial charge in [-0.15, -0.1) is 0 Å². The Morgan fingerprint density at radius 1 is 1.33 bits per heavy atom. The molecule has 1 aromatic carbocycles. The van der Waals surface area contributed by atoms with Crippen LogP contribution >= 0.6 is 0 Å². The van der Waals surface area contributed by atoms with Gasteiger partial charge in [-0.2, -0.15) is 0 Å². The van der Waals surface area contributed by atoms with Crippen LogP contribution < -0.4 is 5.73 Å². The molecule has 2 atom stereocenters. The molecule has 64 valence electrons. The molecule has 2 rings (SSSR count). The van der Waals surface area contributed by atoms with Crippen LogP contribution in [-0.2, 0) is 0 Å². The number of nitrogens with two attached hydrogens (primary N) is 1. The lowest BCUT2D eigenvalue weighted by Crippen LogP contribution is -2.01. The lowest BCUT2D eigenvalue weighted by Gasteiger charge is -1.99. The maximum atomic E-state index is 5.59. The number of aryl methyl sites for hydroxylation is 1. The molecule has 0 radical (unpaired) electrons. The molecule has 0 heterocycles. The first-order chi connectivity index (χ1) is 5.81. The third kappa shape index (κ3) is 1.37. The standard InChI is InChI=1S/C11H15N/c1-8-2-4-9(5-3-8)11-6-10(11)7-12/h2-5,10-11H,6-7,12H2,1H3/t10-,11?/m0/s1. The normalized spacial score (nSPS) is 27.2. The number of hydrogen-bond acceptors (Lipinski definition) is 1. The Labute approximate surface area is 73.6 Å². The summed E-state index contributed by atoms with van der Waals surface area (Å²) in [5.74, 6) is 1.52. The zero-order chi connectivity index (χ0) is 8.55. The molecule has 0 amide bonds. The summed E-state index contributed by atoms with van der Waals surface area (Å²) in [6.07, 6.45) is 1.29. The van der Waals surface area contributed by atoms with Crippen LogP contribution in [0.4, 0.5) is 0 Å². The molecule has 0 aliphatic heterocycles. The van der Waals surface area contributed by atoms with Gasteiger partial charge in [0.1, 0.15) is 0 Å². The Kier molecular flexibility index (Phi) is 1.89. The van der Waals surface area contributed by atoms with Crippen molar-refractivity contribution in [2.45, 2.75) is 19.3 Å². The maximum Gasteiger partial charge on any atom is -0.00428 e. The molecule has 1 aliphatic rings. The molecule has 1 saturated carbocycles. The van der Waals surface area contributed by atoms with Gasteiger partial charge >= 0.3 is 0 Å². The Morgan fingerprint density at radius 2 is 2.00 bits per heavy atom. The van der Waals surface area contributed by atoms with Crippen molar-refractivity contribution >= 4 is 0 Å². The van der Waals surface area contributed by atoms with E-state index in [0.717, 1.165) is 18.4 Å². The fourth-order valence-electron chi connectivity index (χ4n) is 1.73. The zero-order valence-corrected chi connectivity index (χ0v) is 7.46. The second-order valence-corrected chi connectivity index (χ2v) is 3.75. The third-order valence-electron chi connectivity index (χ3n) is 2.73. The summed E-state index contributed by atoms with van der Waals surface area (Å²) >= 11 is 0. The van der Waals surface area contributed by atoms with Crippen LogP contribution in [0.3, 0.4) is 0 Å². The van der Waals surface area contributed by atoms with Crippen LogP contribution in [0.25, 0.3) is 0 Å². The van der Waals surface area contributed by atoms with E-state index in [1.54, 1.807) is 0 Å². The minimum atomic E-state index is 0.757. The van der Waals surface area contributed by atoms with Gasteiger partial charge in [0.2, 0.25) is 0 Å². The second kappa shape index (κ2) is 2.91. The summed E-state index contributed by atoms with van der Waals surface area (Å²) in [6.45, 7) is 2.97. The fourth-order valence-corrected chi connectivity index (χ4v) is 1.73. The highest BCUT2D eigenvalue weighted by atomic mass is 14.6. The first-order valence-electron chi connectivity index (χ1n) is 4.58. The number of hydrogen-bond donors (Lipinski definition) is 1. The van der Waals surface area contributed by atoms with E-state index in [1.165, 1.54) is 17.5 Å². The molecule has 1 aliphatic carbocycles. The molecule has 2 N–H and O–H groups in total. The van der Waals surface area contributed by atoms with Gasteiger partial charge in [-0.25, -0.2) is 0 Å². The van der Waals surface area contributed by atoms with E-state index >= 15 is 0 Å². The molecule has 1 nitrogen and oxygen atoms in total. The van der Waals surface area contributed by atoms with Gasteiger partial charge in [-0.05, 0) is 37.3 Å². The Morgan fingerprint density at radius 3 is 2.50 bits per heavy atom. The number of rotatable bonds is 2. The molecule has 0 aromatic heterocycles. The Bertz CT molecular complexity index is 263. The summed E-state index contributed by atoms with van der Waals surface area (Å²) in [6, 6.07) is 8.83. The van der Waals surface area contributed by atoms with Crippen molar-refractivity contribution in [3.8, 4) is 0 Å². The van der Waals surface area contributed by atoms with E-state index in [9.17, 15) is 0 Å². The van der Waals surface area contributed by atoms with E-state index in [2.05, 4.69) is 31.2 Å². The predicted octanol–water partition coefficient (Wildman–Crippen LogP) is 2.06. The van der Waals surface area contributed by atoms with Crippen LogP contribution in [0.5, 0.6) is 0 Å². The predicted molar refractivity (Wildman–Crippen MR) is 51.1 cm³/mol. The van der Waals surface area contributed by atoms with Crippen molar-refractivity contribution in [3.63, 3.8) is 0 Å². The molecular formula is C11H15N. The van der Waals surface area contributed by atoms with Crippen LogP contribution in [0, 0.1) is 12.8 Å². The first-order valence-corrected chi connectivity index (χ1v) is 4.58. The molecule has 12 heavy (non-hydrogen) atoms. The Hall–Kier alpha value is -0.820. The summed E-state index contributed by atoms with van der Waals surface area (Å²) in [7, 11) is 0. The molecule has 1 heteroatoms. The zero-order valence-electron chi connectivity index (χ0n) is 7.46. The van der Waals surface area contributed by atoms with Crippen molar-refractivity contribution in [2.75, 3.05) is 6.54 Å². The minimum Gasteiger partial charge on any atom is -0.330 e.